The lowest BCUT2D eigenvalue weighted by Crippen LogP contribution is -2.20. The first-order chi connectivity index (χ1) is 14.0. The smallest absolute Gasteiger partial charge is 0.279 e. The number of nitro benzene ring substituents is 1. The summed E-state index contributed by atoms with van der Waals surface area (Å²) in [7, 11) is 3.06. The molecule has 0 aliphatic rings. The molecule has 0 saturated carbocycles. The van der Waals surface area contributed by atoms with Gasteiger partial charge in [-0.3, -0.25) is 19.9 Å². The molecule has 1 N–H and O–H groups in total. The lowest BCUT2D eigenvalue weighted by atomic mass is 10.1. The second-order valence-electron chi connectivity index (χ2n) is 6.07. The summed E-state index contributed by atoms with van der Waals surface area (Å²) in [4.78, 5) is 27.3. The van der Waals surface area contributed by atoms with Crippen LogP contribution in [0.25, 0.3) is 17.0 Å². The van der Waals surface area contributed by atoms with Gasteiger partial charge < -0.3 is 14.8 Å². The molecule has 1 aromatic heterocycles. The molecule has 0 saturated heterocycles. The number of ether oxygens (including phenoxy) is 2. The predicted molar refractivity (Wildman–Crippen MR) is 109 cm³/mol. The quantitative estimate of drug-likeness (QED) is 0.374. The fraction of sp³-hybridized carbons (Fsp3) is 0.143. The monoisotopic (exact) mass is 393 g/mol. The molecule has 1 heterocycles. The van der Waals surface area contributed by atoms with Gasteiger partial charge in [0.05, 0.1) is 24.5 Å². The average molecular weight is 393 g/mol. The van der Waals surface area contributed by atoms with Crippen molar-refractivity contribution in [3.63, 3.8) is 0 Å². The molecule has 3 rings (SSSR count). The van der Waals surface area contributed by atoms with E-state index in [2.05, 4.69) is 10.3 Å². The second-order valence-corrected chi connectivity index (χ2v) is 6.07. The molecule has 0 bridgehead atoms. The lowest BCUT2D eigenvalue weighted by Gasteiger charge is -2.07. The van der Waals surface area contributed by atoms with Crippen LogP contribution in [0.15, 0.2) is 54.7 Å². The molecule has 0 aliphatic heterocycles. The van der Waals surface area contributed by atoms with Crippen LogP contribution >= 0.6 is 0 Å². The van der Waals surface area contributed by atoms with E-state index in [0.717, 1.165) is 11.3 Å². The second kappa shape index (κ2) is 8.83. The fourth-order valence-electron chi connectivity index (χ4n) is 2.86. The van der Waals surface area contributed by atoms with Crippen LogP contribution in [-0.4, -0.2) is 30.0 Å². The van der Waals surface area contributed by atoms with Gasteiger partial charge in [-0.1, -0.05) is 12.1 Å². The SMILES string of the molecule is COc1ccc(CNC(=O)C=Cc2ccnc3c(OC)ccc([N+](=O)[O-])c23)cc1. The van der Waals surface area contributed by atoms with Gasteiger partial charge in [0.15, 0.2) is 0 Å². The third-order valence-corrected chi connectivity index (χ3v) is 4.32. The van der Waals surface area contributed by atoms with Gasteiger partial charge in [0.1, 0.15) is 17.0 Å². The van der Waals surface area contributed by atoms with Gasteiger partial charge in [-0.15, -0.1) is 0 Å². The molecule has 0 atom stereocenters. The van der Waals surface area contributed by atoms with E-state index in [-0.39, 0.29) is 11.6 Å². The molecule has 2 aromatic carbocycles. The topological polar surface area (TPSA) is 104 Å². The number of aromatic nitrogens is 1. The number of nitro groups is 1. The minimum Gasteiger partial charge on any atom is -0.497 e. The number of hydrogen-bond donors (Lipinski definition) is 1. The Hall–Kier alpha value is -3.94. The maximum atomic E-state index is 12.2. The lowest BCUT2D eigenvalue weighted by molar-refractivity contribution is -0.383. The van der Waals surface area contributed by atoms with Crippen molar-refractivity contribution in [1.82, 2.24) is 10.3 Å². The van der Waals surface area contributed by atoms with Crippen molar-refractivity contribution in [2.45, 2.75) is 6.54 Å². The molecular formula is C21H19N3O5. The Bertz CT molecular complexity index is 1080. The van der Waals surface area contributed by atoms with Gasteiger partial charge in [-0.05, 0) is 41.5 Å². The van der Waals surface area contributed by atoms with Crippen molar-refractivity contribution in [3.05, 3.63) is 76.0 Å². The Kier molecular flexibility index (Phi) is 6.03. The Morgan fingerprint density at radius 3 is 2.55 bits per heavy atom. The number of nitrogens with one attached hydrogen (secondary N) is 1. The first-order valence-corrected chi connectivity index (χ1v) is 8.72. The molecule has 0 aliphatic carbocycles. The Morgan fingerprint density at radius 2 is 1.90 bits per heavy atom. The number of hydrogen-bond acceptors (Lipinski definition) is 6. The first-order valence-electron chi connectivity index (χ1n) is 8.72. The number of pyridine rings is 1. The van der Waals surface area contributed by atoms with Crippen LogP contribution in [0, 0.1) is 10.1 Å². The number of methoxy groups -OCH3 is 2. The van der Waals surface area contributed by atoms with Crippen molar-refractivity contribution >= 4 is 28.6 Å². The molecule has 3 aromatic rings. The van der Waals surface area contributed by atoms with E-state index in [9.17, 15) is 14.9 Å². The summed E-state index contributed by atoms with van der Waals surface area (Å²) < 4.78 is 10.3. The van der Waals surface area contributed by atoms with Gasteiger partial charge >= 0.3 is 0 Å². The molecule has 8 heteroatoms. The zero-order valence-corrected chi connectivity index (χ0v) is 15.9. The zero-order chi connectivity index (χ0) is 20.8. The summed E-state index contributed by atoms with van der Waals surface area (Å²) >= 11 is 0. The highest BCUT2D eigenvalue weighted by Crippen LogP contribution is 2.34. The molecule has 0 fully saturated rings. The van der Waals surface area contributed by atoms with E-state index in [0.29, 0.717) is 28.8 Å². The number of non-ortho nitro benzene ring substituents is 1. The molecule has 8 nitrogen and oxygen atoms in total. The van der Waals surface area contributed by atoms with Crippen LogP contribution < -0.4 is 14.8 Å². The first kappa shape index (κ1) is 19.8. The van der Waals surface area contributed by atoms with Gasteiger partial charge in [0.2, 0.25) is 5.91 Å². The van der Waals surface area contributed by atoms with Crippen LogP contribution in [0.3, 0.4) is 0 Å². The number of rotatable bonds is 7. The summed E-state index contributed by atoms with van der Waals surface area (Å²) in [6.07, 6.45) is 4.38. The highest BCUT2D eigenvalue weighted by atomic mass is 16.6. The maximum absolute atomic E-state index is 12.2. The minimum absolute atomic E-state index is 0.104. The van der Waals surface area contributed by atoms with Crippen LogP contribution in [-0.2, 0) is 11.3 Å². The number of fused-ring (bicyclic) bond motifs is 1. The van der Waals surface area contributed by atoms with Crippen LogP contribution in [0.4, 0.5) is 5.69 Å². The van der Waals surface area contributed by atoms with E-state index in [4.69, 9.17) is 9.47 Å². The standard InChI is InChI=1S/C21H19N3O5/c1-28-16-6-3-14(4-7-16)13-23-19(25)10-5-15-11-12-22-21-18(29-2)9-8-17(20(15)21)24(26)27/h3-12H,13H2,1-2H3,(H,23,25). The Labute approximate surface area is 166 Å². The van der Waals surface area contributed by atoms with Gasteiger partial charge in [-0.25, -0.2) is 0 Å². The third kappa shape index (κ3) is 4.49. The van der Waals surface area contributed by atoms with E-state index in [1.54, 1.807) is 13.2 Å². The summed E-state index contributed by atoms with van der Waals surface area (Å²) in [5.41, 5.74) is 1.68. The average Bonchev–Trinajstić information content (AvgIpc) is 2.75. The molecule has 0 radical (unpaired) electrons. The van der Waals surface area contributed by atoms with Crippen molar-refractivity contribution in [3.8, 4) is 11.5 Å². The summed E-state index contributed by atoms with van der Waals surface area (Å²) in [6, 6.07) is 11.8. The fourth-order valence-corrected chi connectivity index (χ4v) is 2.86. The van der Waals surface area contributed by atoms with Crippen molar-refractivity contribution in [2.75, 3.05) is 14.2 Å². The summed E-state index contributed by atoms with van der Waals surface area (Å²) in [5.74, 6) is 0.836. The number of nitrogens with zero attached hydrogens (tertiary/aromatic N) is 2. The Balaban J connectivity index is 1.82. The molecule has 0 unspecified atom stereocenters. The minimum atomic E-state index is -0.482. The van der Waals surface area contributed by atoms with E-state index < -0.39 is 4.92 Å². The van der Waals surface area contributed by atoms with Gasteiger partial charge in [0.25, 0.3) is 5.69 Å². The predicted octanol–water partition coefficient (Wildman–Crippen LogP) is 3.49. The Morgan fingerprint density at radius 1 is 1.14 bits per heavy atom. The summed E-state index contributed by atoms with van der Waals surface area (Å²) in [5, 5.41) is 14.5. The van der Waals surface area contributed by atoms with Crippen LogP contribution in [0.5, 0.6) is 11.5 Å². The summed E-state index contributed by atoms with van der Waals surface area (Å²) in [6.45, 7) is 0.345. The maximum Gasteiger partial charge on any atom is 0.279 e. The van der Waals surface area contributed by atoms with E-state index in [1.165, 1.54) is 37.6 Å². The number of amides is 1. The molecule has 0 spiro atoms. The number of carbonyl (C=O) groups is 1. The zero-order valence-electron chi connectivity index (χ0n) is 15.9. The highest BCUT2D eigenvalue weighted by molar-refractivity contribution is 6.01. The normalized spacial score (nSPS) is 10.8. The molecule has 29 heavy (non-hydrogen) atoms. The van der Waals surface area contributed by atoms with E-state index >= 15 is 0 Å². The van der Waals surface area contributed by atoms with Crippen molar-refractivity contribution in [1.29, 1.82) is 0 Å². The molecule has 1 amide bonds. The molecular weight excluding hydrogens is 374 g/mol. The number of carbonyl (C=O) groups excluding carboxylic acids is 1. The van der Waals surface area contributed by atoms with E-state index in [1.807, 2.05) is 24.3 Å². The molecule has 148 valence electrons. The van der Waals surface area contributed by atoms with Gasteiger partial charge in [0, 0.05) is 24.9 Å². The number of benzene rings is 2. The largest absolute Gasteiger partial charge is 0.497 e. The van der Waals surface area contributed by atoms with Crippen LogP contribution in [0.2, 0.25) is 0 Å². The highest BCUT2D eigenvalue weighted by Gasteiger charge is 2.18. The third-order valence-electron chi connectivity index (χ3n) is 4.32. The van der Waals surface area contributed by atoms with Gasteiger partial charge in [-0.2, -0.15) is 0 Å². The van der Waals surface area contributed by atoms with Crippen molar-refractivity contribution in [2.24, 2.45) is 0 Å². The van der Waals surface area contributed by atoms with Crippen LogP contribution in [0.1, 0.15) is 11.1 Å². The van der Waals surface area contributed by atoms with Crippen molar-refractivity contribution < 1.29 is 19.2 Å².